The van der Waals surface area contributed by atoms with Gasteiger partial charge in [0.25, 0.3) is 0 Å². The average Bonchev–Trinajstić information content (AvgIpc) is 2.79. The number of ether oxygens (including phenoxy) is 4. The van der Waals surface area contributed by atoms with Crippen LogP contribution < -0.4 is 0 Å². The van der Waals surface area contributed by atoms with Crippen LogP contribution in [0.4, 0.5) is 0 Å². The molecule has 0 spiro atoms. The predicted octanol–water partition coefficient (Wildman–Crippen LogP) is 0.957. The summed E-state index contributed by atoms with van der Waals surface area (Å²) in [4.78, 5) is 47.1. The van der Waals surface area contributed by atoms with E-state index in [9.17, 15) is 29.4 Å². The molecule has 1 aromatic rings. The lowest BCUT2D eigenvalue weighted by molar-refractivity contribution is -0.149. The van der Waals surface area contributed by atoms with E-state index in [0.717, 1.165) is 12.2 Å². The number of rotatable bonds is 12. The molecule has 4 atom stereocenters. The van der Waals surface area contributed by atoms with Crippen molar-refractivity contribution in [2.24, 2.45) is 0 Å². The number of aliphatic hydroxyl groups is 2. The highest BCUT2D eigenvalue weighted by molar-refractivity contribution is 6.03. The van der Waals surface area contributed by atoms with Crippen molar-refractivity contribution in [2.45, 2.75) is 38.3 Å². The molecule has 0 aliphatic heterocycles. The summed E-state index contributed by atoms with van der Waals surface area (Å²) in [5.41, 5.74) is -0.276. The third kappa shape index (κ3) is 8.32. The molecular weight excluding hydrogens is 424 g/mol. The molecule has 10 heteroatoms. The summed E-state index contributed by atoms with van der Waals surface area (Å²) in [6, 6.07) is 5.61. The quantitative estimate of drug-likeness (QED) is 0.268. The van der Waals surface area contributed by atoms with Gasteiger partial charge in [-0.3, -0.25) is 0 Å². The molecule has 0 radical (unpaired) electrons. The second-order valence-electron chi connectivity index (χ2n) is 6.57. The van der Waals surface area contributed by atoms with Crippen LogP contribution in [0, 0.1) is 0 Å². The zero-order chi connectivity index (χ0) is 24.3. The van der Waals surface area contributed by atoms with Crippen LogP contribution >= 0.6 is 0 Å². The number of hydrogen-bond donors (Lipinski definition) is 2. The summed E-state index contributed by atoms with van der Waals surface area (Å²) >= 11 is 0. The van der Waals surface area contributed by atoms with Crippen molar-refractivity contribution in [3.05, 3.63) is 60.7 Å². The maximum Gasteiger partial charge on any atom is 0.339 e. The topological polar surface area (TPSA) is 146 Å². The lowest BCUT2D eigenvalue weighted by Crippen LogP contribution is -2.33. The summed E-state index contributed by atoms with van der Waals surface area (Å²) in [5, 5.41) is 19.9. The molecule has 10 nitrogen and oxygen atoms in total. The first-order chi connectivity index (χ1) is 15.1. The molecule has 32 heavy (non-hydrogen) atoms. The number of benzene rings is 1. The van der Waals surface area contributed by atoms with Crippen molar-refractivity contribution >= 4 is 23.9 Å². The van der Waals surface area contributed by atoms with Gasteiger partial charge in [-0.15, -0.1) is 0 Å². The van der Waals surface area contributed by atoms with Crippen LogP contribution in [0.2, 0.25) is 0 Å². The Labute approximate surface area is 185 Å². The van der Waals surface area contributed by atoms with Gasteiger partial charge in [0.2, 0.25) is 0 Å². The molecule has 1 aromatic carbocycles. The third-order valence-corrected chi connectivity index (χ3v) is 4.16. The minimum Gasteiger partial charge on any atom is -0.459 e. The average molecular weight is 450 g/mol. The Morgan fingerprint density at radius 2 is 1.16 bits per heavy atom. The van der Waals surface area contributed by atoms with Gasteiger partial charge in [-0.05, 0) is 26.0 Å². The molecule has 0 aliphatic carbocycles. The lowest BCUT2D eigenvalue weighted by atomic mass is 10.1. The smallest absolute Gasteiger partial charge is 0.339 e. The first-order valence-corrected chi connectivity index (χ1v) is 9.56. The Bertz CT molecular complexity index is 778. The summed E-state index contributed by atoms with van der Waals surface area (Å²) in [6.07, 6.45) is -2.69. The van der Waals surface area contributed by atoms with Crippen molar-refractivity contribution < 1.29 is 48.3 Å². The molecule has 0 saturated carbocycles. The molecular formula is C22H26O10. The van der Waals surface area contributed by atoms with E-state index in [4.69, 9.17) is 18.9 Å². The molecule has 1 rings (SSSR count). The predicted molar refractivity (Wildman–Crippen MR) is 111 cm³/mol. The Balaban J connectivity index is 2.72. The second kappa shape index (κ2) is 13.0. The first-order valence-electron chi connectivity index (χ1n) is 9.56. The van der Waals surface area contributed by atoms with Crippen LogP contribution in [0.1, 0.15) is 34.6 Å². The van der Waals surface area contributed by atoms with Crippen molar-refractivity contribution in [3.63, 3.8) is 0 Å². The molecule has 0 saturated heterocycles. The van der Waals surface area contributed by atoms with E-state index >= 15 is 0 Å². The first kappa shape index (κ1) is 26.5. The summed E-state index contributed by atoms with van der Waals surface area (Å²) < 4.78 is 19.7. The zero-order valence-corrected chi connectivity index (χ0v) is 17.8. The van der Waals surface area contributed by atoms with Gasteiger partial charge in [-0.25, -0.2) is 19.2 Å². The van der Waals surface area contributed by atoms with Gasteiger partial charge in [0.1, 0.15) is 37.6 Å². The number of carbonyl (C=O) groups is 4. The molecule has 2 N–H and O–H groups in total. The summed E-state index contributed by atoms with van der Waals surface area (Å²) in [5.74, 6) is -3.33. The van der Waals surface area contributed by atoms with E-state index in [-0.39, 0.29) is 11.1 Å². The van der Waals surface area contributed by atoms with Gasteiger partial charge in [-0.1, -0.05) is 25.3 Å². The van der Waals surface area contributed by atoms with Gasteiger partial charge in [0.05, 0.1) is 11.1 Å². The Kier molecular flexibility index (Phi) is 10.8. The van der Waals surface area contributed by atoms with Crippen LogP contribution in [-0.4, -0.2) is 71.7 Å². The van der Waals surface area contributed by atoms with E-state index in [1.54, 1.807) is 0 Å². The van der Waals surface area contributed by atoms with Crippen LogP contribution in [-0.2, 0) is 28.5 Å². The van der Waals surface area contributed by atoms with Crippen molar-refractivity contribution in [1.29, 1.82) is 0 Å². The number of carbonyl (C=O) groups excluding carboxylic acids is 4. The van der Waals surface area contributed by atoms with Crippen LogP contribution in [0.25, 0.3) is 0 Å². The number of hydrogen-bond acceptors (Lipinski definition) is 10. The molecule has 0 heterocycles. The highest BCUT2D eigenvalue weighted by Gasteiger charge is 2.24. The third-order valence-electron chi connectivity index (χ3n) is 4.16. The second-order valence-corrected chi connectivity index (χ2v) is 6.57. The van der Waals surface area contributed by atoms with Gasteiger partial charge >= 0.3 is 23.9 Å². The van der Waals surface area contributed by atoms with Crippen molar-refractivity contribution in [2.75, 3.05) is 13.2 Å². The fourth-order valence-corrected chi connectivity index (χ4v) is 2.21. The summed E-state index contributed by atoms with van der Waals surface area (Å²) in [6.45, 7) is 8.29. The van der Waals surface area contributed by atoms with Gasteiger partial charge < -0.3 is 29.2 Å². The number of aliphatic hydroxyl groups excluding tert-OH is 2. The monoisotopic (exact) mass is 450 g/mol. The van der Waals surface area contributed by atoms with E-state index in [1.165, 1.54) is 38.1 Å². The molecule has 0 fully saturated rings. The van der Waals surface area contributed by atoms with Crippen LogP contribution in [0.5, 0.6) is 0 Å². The Morgan fingerprint density at radius 3 is 1.47 bits per heavy atom. The largest absolute Gasteiger partial charge is 0.459 e. The maximum atomic E-state index is 12.4. The minimum absolute atomic E-state index is 0.138. The normalized spacial score (nSPS) is 14.1. The summed E-state index contributed by atoms with van der Waals surface area (Å²) in [7, 11) is 0. The highest BCUT2D eigenvalue weighted by Crippen LogP contribution is 2.14. The van der Waals surface area contributed by atoms with Crippen LogP contribution in [0.3, 0.4) is 0 Å². The van der Waals surface area contributed by atoms with Gasteiger partial charge in [-0.2, -0.15) is 0 Å². The van der Waals surface area contributed by atoms with Gasteiger partial charge in [0.15, 0.2) is 0 Å². The number of esters is 4. The minimum atomic E-state index is -1.31. The van der Waals surface area contributed by atoms with E-state index in [1.807, 2.05) is 0 Å². The lowest BCUT2D eigenvalue weighted by Gasteiger charge is -2.19. The van der Waals surface area contributed by atoms with Crippen LogP contribution in [0.15, 0.2) is 49.6 Å². The van der Waals surface area contributed by atoms with E-state index < -0.39 is 61.5 Å². The molecule has 174 valence electrons. The molecule has 4 unspecified atom stereocenters. The molecule has 0 amide bonds. The highest BCUT2D eigenvalue weighted by atomic mass is 16.6. The maximum absolute atomic E-state index is 12.4. The van der Waals surface area contributed by atoms with Crippen molar-refractivity contribution in [1.82, 2.24) is 0 Å². The zero-order valence-electron chi connectivity index (χ0n) is 17.8. The Hall–Kier alpha value is -3.50. The molecule has 0 aromatic heterocycles. The molecule has 0 bridgehead atoms. The Morgan fingerprint density at radius 1 is 0.812 bits per heavy atom. The standard InChI is InChI=1S/C22H26O10/c1-5-19(25)31-13(3)17(23)11-29-21(27)15-9-7-8-10-16(15)22(28)30-12-18(24)14(4)32-20(26)6-2/h5-10,13-14,17-18,23-24H,1-2,11-12H2,3-4H3. The van der Waals surface area contributed by atoms with Crippen molar-refractivity contribution in [3.8, 4) is 0 Å². The van der Waals surface area contributed by atoms with Gasteiger partial charge in [0, 0.05) is 12.2 Å². The molecule has 0 aliphatic rings. The fourth-order valence-electron chi connectivity index (χ4n) is 2.21. The SMILES string of the molecule is C=CC(=O)OC(C)C(O)COC(=O)c1ccccc1C(=O)OCC(O)C(C)OC(=O)C=C. The van der Waals surface area contributed by atoms with E-state index in [2.05, 4.69) is 13.2 Å². The fraction of sp³-hybridized carbons (Fsp3) is 0.364. The van der Waals surface area contributed by atoms with E-state index in [0.29, 0.717) is 0 Å².